The molecule has 9 aliphatic heterocycles. The van der Waals surface area contributed by atoms with Gasteiger partial charge in [0.2, 0.25) is 0 Å². The lowest BCUT2D eigenvalue weighted by Gasteiger charge is -2.62. The van der Waals surface area contributed by atoms with E-state index in [-0.39, 0.29) is 28.8 Å². The topological polar surface area (TPSA) is 573 Å². The van der Waals surface area contributed by atoms with Crippen molar-refractivity contribution in [2.45, 2.75) is 312 Å². The summed E-state index contributed by atoms with van der Waals surface area (Å²) in [6, 6.07) is 0. The van der Waals surface area contributed by atoms with Gasteiger partial charge in [-0.15, -0.1) is 0 Å². The fourth-order valence-electron chi connectivity index (χ4n) is 20.2. The highest BCUT2D eigenvalue weighted by Crippen LogP contribution is 2.71. The molecule has 4 aliphatic carbocycles. The van der Waals surface area contributed by atoms with Crippen molar-refractivity contribution in [1.82, 2.24) is 0 Å². The monoisotopic (exact) mass is 1510 g/mol. The van der Waals surface area contributed by atoms with Crippen LogP contribution in [0.25, 0.3) is 0 Å². The second-order valence-electron chi connectivity index (χ2n) is 32.0. The Labute approximate surface area is 598 Å². The molecule has 13 rings (SSSR count). The zero-order valence-corrected chi connectivity index (χ0v) is 58.3. The molecule has 21 N–H and O–H groups in total. The second-order valence-corrected chi connectivity index (χ2v) is 32.0. The third-order valence-corrected chi connectivity index (χ3v) is 26.0. The van der Waals surface area contributed by atoms with Crippen molar-refractivity contribution >= 4 is 0 Å². The summed E-state index contributed by atoms with van der Waals surface area (Å²) in [5, 5.41) is 233. The van der Waals surface area contributed by atoms with Crippen molar-refractivity contribution in [2.75, 3.05) is 52.9 Å². The average molecular weight is 1510 g/mol. The SMILES string of the molecule is C[C@H]1CC[C@@]2(OC1)O[C@H]1C[C@H]3[C@@H]4CC[C@H]5C[C@@H](O[C@@H]6[C@@H](O)[C@H](OC[C@H]7O[C@@H](O[C@@H]8[C@@H](O)[C@H](O[C@H]9[C@H](O)[C@@H](CO)O[C@@H](O[C@@H]%10[C@H](O)[C@@H](O)[C@H](O)O[C@@H]%10CO)[C@@H]9O[C@@H]9O[C@H](CO)[C@H](O)[C@H](O)[C@H]9O)O[C@H](CO)[C@H]8O)[C@H](O)[C@@H](O[C@@H]8OC[C@@H](O)[C@H](O)[C@H]8O)[C@@H]7O)O[C@H]6CO)[C@H](O)C[C@]5(C)[C@H]4CC[C@]3(C)[C@H]1[C@@H]2C. The zero-order valence-electron chi connectivity index (χ0n) is 58.3. The molecule has 0 radical (unpaired) electrons. The van der Waals surface area contributed by atoms with Crippen molar-refractivity contribution in [3.05, 3.63) is 0 Å². The van der Waals surface area contributed by atoms with E-state index in [4.69, 9.17) is 75.8 Å². The Bertz CT molecular complexity index is 2780. The average Bonchev–Trinajstić information content (AvgIpc) is 1.50. The van der Waals surface area contributed by atoms with Gasteiger partial charge in [0.15, 0.2) is 49.8 Å². The Morgan fingerprint density at radius 3 is 1.57 bits per heavy atom. The quantitative estimate of drug-likeness (QED) is 0.0538. The van der Waals surface area contributed by atoms with Gasteiger partial charge in [-0.2, -0.15) is 0 Å². The van der Waals surface area contributed by atoms with Crippen molar-refractivity contribution in [3.8, 4) is 0 Å². The van der Waals surface area contributed by atoms with Crippen LogP contribution in [-0.4, -0.2) is 387 Å². The summed E-state index contributed by atoms with van der Waals surface area (Å²) in [5.41, 5.74) is -0.144. The summed E-state index contributed by atoms with van der Waals surface area (Å²) in [6.07, 6.45) is -58.7. The molecule has 46 atom stereocenters. The van der Waals surface area contributed by atoms with Gasteiger partial charge in [-0.05, 0) is 97.7 Å². The summed E-state index contributed by atoms with van der Waals surface area (Å²) in [6.45, 7) is 3.71. The summed E-state index contributed by atoms with van der Waals surface area (Å²) >= 11 is 0. The maximum Gasteiger partial charge on any atom is 0.187 e. The fourth-order valence-corrected chi connectivity index (χ4v) is 20.2. The van der Waals surface area contributed by atoms with E-state index in [0.717, 1.165) is 44.9 Å². The van der Waals surface area contributed by atoms with Crippen LogP contribution in [0.4, 0.5) is 0 Å². The Balaban J connectivity index is 0.706. The molecule has 0 aromatic heterocycles. The number of aliphatic hydroxyl groups excluding tert-OH is 21. The number of rotatable bonds is 20. The molecule has 13 fully saturated rings. The molecule has 1 spiro atoms. The van der Waals surface area contributed by atoms with Crippen molar-refractivity contribution < 1.29 is 183 Å². The molecule has 0 bridgehead atoms. The summed E-state index contributed by atoms with van der Waals surface area (Å²) in [4.78, 5) is 0. The highest BCUT2D eigenvalue weighted by Gasteiger charge is 2.70. The standard InChI is InChI=1S/C67H110O37/c1-22-7-10-67(91-19-22)23(2)38-31(104-67)12-27-25-6-5-24-11-30(28(73)13-66(24,4)26(25)8-9-65(27,38)3)92-53-36(18-72)97-60(49(53)85)90-21-37-43(79)55(100-59-47(83)39(75)29(74)20-89-59)51(87)63(98-37)101-54-41(77)33(15-69)95-62(50(54)86)102-56-42(78)34(16-70)96-64(99-52-35(17-71)93-58(88)46(82)45(52)81)57(56)103-61-48(84)44(80)40(76)32(14-68)94-61/h22-64,68-88H,5-21H2,1-4H3/t22-,23-,24-,25+,26-,27-,28+,29+,30+,31-,32+,33+,34+,35+,36-,37+,38-,39-,40-,41+,42+,43+,44-,45+,46+,47+,48+,49+,50+,51+,52-,53-,54-,55-,56-,57+,58+,59-,60+,61-,62-,63-,64-,65-,66-,67+/m0/s1. The third-order valence-electron chi connectivity index (χ3n) is 26.0. The van der Waals surface area contributed by atoms with Gasteiger partial charge < -0.3 is 183 Å². The Kier molecular flexibility index (Phi) is 24.9. The van der Waals surface area contributed by atoms with E-state index in [2.05, 4.69) is 27.7 Å². The van der Waals surface area contributed by atoms with Crippen LogP contribution in [0.3, 0.4) is 0 Å². The lowest BCUT2D eigenvalue weighted by atomic mass is 9.44. The Morgan fingerprint density at radius 1 is 0.394 bits per heavy atom. The highest BCUT2D eigenvalue weighted by molar-refractivity contribution is 5.16. The van der Waals surface area contributed by atoms with Crippen molar-refractivity contribution in [1.29, 1.82) is 0 Å². The first-order valence-corrected chi connectivity index (χ1v) is 36.8. The van der Waals surface area contributed by atoms with E-state index in [1.807, 2.05) is 0 Å². The predicted molar refractivity (Wildman–Crippen MR) is 336 cm³/mol. The molecule has 4 saturated carbocycles. The summed E-state index contributed by atoms with van der Waals surface area (Å²) < 4.78 is 96.6. The van der Waals surface area contributed by atoms with Crippen LogP contribution in [-0.2, 0) is 75.8 Å². The lowest BCUT2D eigenvalue weighted by molar-refractivity contribution is -0.410. The minimum Gasteiger partial charge on any atom is -0.394 e. The first kappa shape index (κ1) is 80.6. The largest absolute Gasteiger partial charge is 0.394 e. The molecule has 9 saturated heterocycles. The van der Waals surface area contributed by atoms with Gasteiger partial charge in [-0.3, -0.25) is 0 Å². The fraction of sp³-hybridized carbons (Fsp3) is 1.00. The van der Waals surface area contributed by atoms with E-state index in [9.17, 15) is 107 Å². The normalized spacial score (nSPS) is 57.0. The van der Waals surface area contributed by atoms with Gasteiger partial charge in [0.05, 0.1) is 71.2 Å². The van der Waals surface area contributed by atoms with E-state index in [1.54, 1.807) is 0 Å². The maximum absolute atomic E-state index is 12.3. The van der Waals surface area contributed by atoms with Gasteiger partial charge in [0, 0.05) is 12.3 Å². The number of aliphatic hydroxyl groups is 21. The van der Waals surface area contributed by atoms with Crippen LogP contribution in [0.5, 0.6) is 0 Å². The predicted octanol–water partition coefficient (Wildman–Crippen LogP) is -9.19. The zero-order chi connectivity index (χ0) is 74.7. The van der Waals surface area contributed by atoms with Gasteiger partial charge in [0.1, 0.15) is 159 Å². The smallest absolute Gasteiger partial charge is 0.187 e. The molecule has 600 valence electrons. The van der Waals surface area contributed by atoms with Crippen LogP contribution in [0.2, 0.25) is 0 Å². The van der Waals surface area contributed by atoms with Crippen molar-refractivity contribution in [3.63, 3.8) is 0 Å². The van der Waals surface area contributed by atoms with E-state index < -0.39 is 267 Å². The molecule has 37 heteroatoms. The van der Waals surface area contributed by atoms with E-state index >= 15 is 0 Å². The lowest BCUT2D eigenvalue weighted by Crippen LogP contribution is -2.69. The molecule has 0 amide bonds. The molecule has 37 nitrogen and oxygen atoms in total. The molecular formula is C67H110O37. The third kappa shape index (κ3) is 14.6. The number of hydrogen-bond acceptors (Lipinski definition) is 37. The molecule has 0 unspecified atom stereocenters. The molecule has 0 aromatic carbocycles. The van der Waals surface area contributed by atoms with Crippen LogP contribution in [0.15, 0.2) is 0 Å². The first-order valence-electron chi connectivity index (χ1n) is 36.8. The van der Waals surface area contributed by atoms with Crippen molar-refractivity contribution in [2.24, 2.45) is 52.3 Å². The van der Waals surface area contributed by atoms with Crippen LogP contribution in [0.1, 0.15) is 85.5 Å². The van der Waals surface area contributed by atoms with Crippen LogP contribution >= 0.6 is 0 Å². The second kappa shape index (κ2) is 32.2. The van der Waals surface area contributed by atoms with E-state index in [0.29, 0.717) is 49.0 Å². The molecule has 104 heavy (non-hydrogen) atoms. The first-order chi connectivity index (χ1) is 49.4. The molecule has 9 heterocycles. The molecular weight excluding hydrogens is 1400 g/mol. The highest BCUT2D eigenvalue weighted by atomic mass is 16.8. The molecule has 13 aliphatic rings. The maximum atomic E-state index is 12.3. The minimum absolute atomic E-state index is 0.0853. The van der Waals surface area contributed by atoms with Crippen LogP contribution in [0, 0.1) is 52.3 Å². The number of hydrogen-bond donors (Lipinski definition) is 21. The number of ether oxygens (including phenoxy) is 16. The Hall–Kier alpha value is -1.48. The van der Waals surface area contributed by atoms with Gasteiger partial charge in [-0.25, -0.2) is 0 Å². The molecule has 0 aromatic rings. The summed E-state index contributed by atoms with van der Waals surface area (Å²) in [5.74, 6) is 2.02. The summed E-state index contributed by atoms with van der Waals surface area (Å²) in [7, 11) is 0. The van der Waals surface area contributed by atoms with E-state index in [1.165, 1.54) is 0 Å². The van der Waals surface area contributed by atoms with Gasteiger partial charge >= 0.3 is 0 Å². The Morgan fingerprint density at radius 2 is 0.923 bits per heavy atom. The van der Waals surface area contributed by atoms with Gasteiger partial charge in [0.25, 0.3) is 0 Å². The minimum atomic E-state index is -2.39. The number of fused-ring (bicyclic) bond motifs is 7. The van der Waals surface area contributed by atoms with Gasteiger partial charge in [-0.1, -0.05) is 27.7 Å². The van der Waals surface area contributed by atoms with Crippen LogP contribution < -0.4 is 0 Å².